The van der Waals surface area contributed by atoms with Crippen LogP contribution in [0.4, 0.5) is 5.69 Å². The largest absolute Gasteiger partial charge is 0.379 e. The molecule has 1 aromatic carbocycles. The Morgan fingerprint density at radius 1 is 1.17 bits per heavy atom. The molecule has 0 saturated heterocycles. The maximum atomic E-state index is 4.20. The fourth-order valence-electron chi connectivity index (χ4n) is 2.19. The van der Waals surface area contributed by atoms with Crippen molar-refractivity contribution in [2.75, 3.05) is 5.32 Å². The average molecular weight is 305 g/mol. The number of benzene rings is 1. The molecule has 0 unspecified atom stereocenters. The summed E-state index contributed by atoms with van der Waals surface area (Å²) in [6, 6.07) is 8.41. The van der Waals surface area contributed by atoms with Crippen molar-refractivity contribution in [2.24, 2.45) is 0 Å². The number of aromatic nitrogens is 1. The summed E-state index contributed by atoms with van der Waals surface area (Å²) in [6.45, 7) is 7.28. The molecule has 2 rings (SSSR count). The van der Waals surface area contributed by atoms with Crippen LogP contribution in [0.5, 0.6) is 0 Å². The van der Waals surface area contributed by atoms with Crippen LogP contribution in [-0.4, -0.2) is 4.98 Å². The number of hydrogen-bond donors (Lipinski definition) is 1. The van der Waals surface area contributed by atoms with Crippen molar-refractivity contribution in [3.8, 4) is 0 Å². The van der Waals surface area contributed by atoms with Crippen LogP contribution >= 0.6 is 15.9 Å². The molecule has 0 aliphatic heterocycles. The molecule has 94 valence electrons. The van der Waals surface area contributed by atoms with Gasteiger partial charge in [0.05, 0.1) is 5.69 Å². The first-order valence-electron chi connectivity index (χ1n) is 5.99. The van der Waals surface area contributed by atoms with E-state index in [9.17, 15) is 0 Å². The molecule has 18 heavy (non-hydrogen) atoms. The lowest BCUT2D eigenvalue weighted by Crippen LogP contribution is -2.04. The molecule has 2 nitrogen and oxygen atoms in total. The van der Waals surface area contributed by atoms with Gasteiger partial charge in [-0.1, -0.05) is 17.7 Å². The number of hydrogen-bond acceptors (Lipinski definition) is 2. The van der Waals surface area contributed by atoms with E-state index in [1.807, 2.05) is 12.1 Å². The zero-order valence-corrected chi connectivity index (χ0v) is 12.5. The summed E-state index contributed by atoms with van der Waals surface area (Å²) in [6.07, 6.45) is 1.78. The third kappa shape index (κ3) is 2.91. The summed E-state index contributed by atoms with van der Waals surface area (Å²) in [5.74, 6) is 0. The van der Waals surface area contributed by atoms with Crippen LogP contribution in [0.2, 0.25) is 0 Å². The molecule has 0 radical (unpaired) electrons. The molecule has 0 amide bonds. The van der Waals surface area contributed by atoms with E-state index in [1.165, 1.54) is 22.3 Å². The van der Waals surface area contributed by atoms with Crippen molar-refractivity contribution >= 4 is 21.6 Å². The first kappa shape index (κ1) is 13.1. The van der Waals surface area contributed by atoms with Gasteiger partial charge in [0.1, 0.15) is 4.60 Å². The normalized spacial score (nSPS) is 10.4. The maximum absolute atomic E-state index is 4.20. The van der Waals surface area contributed by atoms with Crippen LogP contribution in [-0.2, 0) is 6.54 Å². The molecule has 0 bridgehead atoms. The highest BCUT2D eigenvalue weighted by Crippen LogP contribution is 2.21. The Bertz CT molecular complexity index is 541. The van der Waals surface area contributed by atoms with Crippen LogP contribution in [0.25, 0.3) is 0 Å². The molecule has 0 atom stereocenters. The summed E-state index contributed by atoms with van der Waals surface area (Å²) in [4.78, 5) is 4.20. The Balaban J connectivity index is 2.19. The fourth-order valence-corrected chi connectivity index (χ4v) is 2.58. The average Bonchev–Trinajstić information content (AvgIpc) is 2.30. The van der Waals surface area contributed by atoms with Crippen molar-refractivity contribution < 1.29 is 0 Å². The molecule has 1 N–H and O–H groups in total. The van der Waals surface area contributed by atoms with Gasteiger partial charge >= 0.3 is 0 Å². The summed E-state index contributed by atoms with van der Waals surface area (Å²) in [5, 5.41) is 3.42. The van der Waals surface area contributed by atoms with Crippen LogP contribution in [0.3, 0.4) is 0 Å². The Kier molecular flexibility index (Phi) is 4.02. The van der Waals surface area contributed by atoms with E-state index in [4.69, 9.17) is 0 Å². The van der Waals surface area contributed by atoms with Crippen molar-refractivity contribution in [1.29, 1.82) is 0 Å². The number of rotatable bonds is 3. The van der Waals surface area contributed by atoms with Gasteiger partial charge in [0.2, 0.25) is 0 Å². The van der Waals surface area contributed by atoms with Gasteiger partial charge in [-0.15, -0.1) is 0 Å². The van der Waals surface area contributed by atoms with Crippen LogP contribution < -0.4 is 5.32 Å². The highest BCUT2D eigenvalue weighted by atomic mass is 79.9. The summed E-state index contributed by atoms with van der Waals surface area (Å²) < 4.78 is 0.854. The Hall–Kier alpha value is -1.35. The number of pyridine rings is 1. The SMILES string of the molecule is Cc1cc(C)c(CNc2cccnc2Br)c(C)c1. The quantitative estimate of drug-likeness (QED) is 0.851. The maximum Gasteiger partial charge on any atom is 0.129 e. The fraction of sp³-hybridized carbons (Fsp3) is 0.267. The molecule has 3 heteroatoms. The second-order valence-corrected chi connectivity index (χ2v) is 5.32. The standard InChI is InChI=1S/C15H17BrN2/c1-10-7-11(2)13(12(3)8-10)9-18-14-5-4-6-17-15(14)16/h4-8,18H,9H2,1-3H3. The molecule has 0 fully saturated rings. The molecule has 1 heterocycles. The van der Waals surface area contributed by atoms with E-state index in [0.717, 1.165) is 16.8 Å². The molecule has 0 aliphatic carbocycles. The van der Waals surface area contributed by atoms with Crippen molar-refractivity contribution in [2.45, 2.75) is 27.3 Å². The van der Waals surface area contributed by atoms with E-state index in [-0.39, 0.29) is 0 Å². The van der Waals surface area contributed by atoms with E-state index in [1.54, 1.807) is 6.20 Å². The minimum atomic E-state index is 0.822. The summed E-state index contributed by atoms with van der Waals surface area (Å²) in [7, 11) is 0. The Morgan fingerprint density at radius 2 is 1.83 bits per heavy atom. The third-order valence-electron chi connectivity index (χ3n) is 3.06. The Morgan fingerprint density at radius 3 is 2.44 bits per heavy atom. The van der Waals surface area contributed by atoms with E-state index in [0.29, 0.717) is 0 Å². The van der Waals surface area contributed by atoms with E-state index < -0.39 is 0 Å². The van der Waals surface area contributed by atoms with Gasteiger partial charge in [-0.05, 0) is 65.5 Å². The van der Waals surface area contributed by atoms with Crippen LogP contribution in [0.15, 0.2) is 35.1 Å². The zero-order valence-electron chi connectivity index (χ0n) is 10.9. The highest BCUT2D eigenvalue weighted by molar-refractivity contribution is 9.10. The molecular formula is C15H17BrN2. The van der Waals surface area contributed by atoms with Gasteiger partial charge < -0.3 is 5.32 Å². The molecule has 0 saturated carbocycles. The van der Waals surface area contributed by atoms with E-state index >= 15 is 0 Å². The number of aryl methyl sites for hydroxylation is 3. The summed E-state index contributed by atoms with van der Waals surface area (Å²) in [5.41, 5.74) is 6.37. The number of nitrogens with zero attached hydrogens (tertiary/aromatic N) is 1. The van der Waals surface area contributed by atoms with Crippen molar-refractivity contribution in [3.63, 3.8) is 0 Å². The zero-order chi connectivity index (χ0) is 13.1. The molecule has 2 aromatic rings. The first-order chi connectivity index (χ1) is 8.58. The minimum Gasteiger partial charge on any atom is -0.379 e. The monoisotopic (exact) mass is 304 g/mol. The second kappa shape index (κ2) is 5.53. The summed E-state index contributed by atoms with van der Waals surface area (Å²) >= 11 is 3.44. The topological polar surface area (TPSA) is 24.9 Å². The predicted molar refractivity (Wildman–Crippen MR) is 79.9 cm³/mol. The molecule has 1 aromatic heterocycles. The van der Waals surface area contributed by atoms with Gasteiger partial charge in [0, 0.05) is 12.7 Å². The molecular weight excluding hydrogens is 288 g/mol. The van der Waals surface area contributed by atoms with Crippen LogP contribution in [0.1, 0.15) is 22.3 Å². The lowest BCUT2D eigenvalue weighted by Gasteiger charge is -2.13. The first-order valence-corrected chi connectivity index (χ1v) is 6.78. The van der Waals surface area contributed by atoms with Gasteiger partial charge in [-0.3, -0.25) is 0 Å². The van der Waals surface area contributed by atoms with Gasteiger partial charge in [0.15, 0.2) is 0 Å². The Labute approximate surface area is 117 Å². The molecule has 0 spiro atoms. The van der Waals surface area contributed by atoms with Gasteiger partial charge in [-0.2, -0.15) is 0 Å². The minimum absolute atomic E-state index is 0.822. The second-order valence-electron chi connectivity index (χ2n) is 4.57. The van der Waals surface area contributed by atoms with Gasteiger partial charge in [-0.25, -0.2) is 4.98 Å². The number of nitrogens with one attached hydrogen (secondary N) is 1. The smallest absolute Gasteiger partial charge is 0.129 e. The lowest BCUT2D eigenvalue weighted by atomic mass is 10.00. The van der Waals surface area contributed by atoms with Gasteiger partial charge in [0.25, 0.3) is 0 Å². The number of halogens is 1. The lowest BCUT2D eigenvalue weighted by molar-refractivity contribution is 1.07. The highest BCUT2D eigenvalue weighted by Gasteiger charge is 2.05. The van der Waals surface area contributed by atoms with E-state index in [2.05, 4.69) is 59.1 Å². The van der Waals surface area contributed by atoms with Crippen molar-refractivity contribution in [3.05, 3.63) is 57.3 Å². The van der Waals surface area contributed by atoms with Crippen molar-refractivity contribution in [1.82, 2.24) is 4.98 Å². The number of anilines is 1. The third-order valence-corrected chi connectivity index (χ3v) is 3.69. The van der Waals surface area contributed by atoms with Crippen LogP contribution in [0, 0.1) is 20.8 Å². The molecule has 0 aliphatic rings. The predicted octanol–water partition coefficient (Wildman–Crippen LogP) is 4.38.